The fourth-order valence-electron chi connectivity index (χ4n) is 8.02. The third-order valence-corrected chi connectivity index (χ3v) is 11.3. The topological polar surface area (TPSA) is 24.3 Å². The lowest BCUT2D eigenvalue weighted by molar-refractivity contribution is 0.590. The van der Waals surface area contributed by atoms with E-state index >= 15 is 0 Å². The van der Waals surface area contributed by atoms with Gasteiger partial charge in [0.2, 0.25) is 0 Å². The molecule has 0 spiro atoms. The maximum Gasteiger partial charge on any atom is 0.277 e. The van der Waals surface area contributed by atoms with Gasteiger partial charge in [-0.15, -0.1) is 0 Å². The molecule has 0 saturated heterocycles. The van der Waals surface area contributed by atoms with Crippen molar-refractivity contribution in [3.63, 3.8) is 0 Å². The van der Waals surface area contributed by atoms with Crippen molar-refractivity contribution in [2.45, 2.75) is 98.3 Å². The van der Waals surface area contributed by atoms with Gasteiger partial charge < -0.3 is 9.80 Å². The summed E-state index contributed by atoms with van der Waals surface area (Å²) in [5.74, 6) is 0.463. The molecule has 0 fully saturated rings. The van der Waals surface area contributed by atoms with E-state index in [1.807, 2.05) is 0 Å². The van der Waals surface area contributed by atoms with E-state index in [4.69, 9.17) is 5.10 Å². The molecule has 3 heterocycles. The van der Waals surface area contributed by atoms with Crippen LogP contribution in [0.1, 0.15) is 104 Å². The lowest BCUT2D eigenvalue weighted by atomic mass is 9.35. The van der Waals surface area contributed by atoms with E-state index in [1.54, 1.807) is 0 Å². The molecular formula is C48H53BN4. The van der Waals surface area contributed by atoms with E-state index in [0.717, 1.165) is 22.7 Å². The van der Waals surface area contributed by atoms with E-state index < -0.39 is 0 Å². The van der Waals surface area contributed by atoms with Crippen LogP contribution in [0.5, 0.6) is 0 Å². The van der Waals surface area contributed by atoms with Gasteiger partial charge in [-0.25, -0.2) is 4.68 Å². The van der Waals surface area contributed by atoms with E-state index in [9.17, 15) is 0 Å². The van der Waals surface area contributed by atoms with Gasteiger partial charge in [0.25, 0.3) is 6.71 Å². The van der Waals surface area contributed by atoms with E-state index in [-0.39, 0.29) is 23.0 Å². The maximum atomic E-state index is 5.53. The molecule has 0 bridgehead atoms. The van der Waals surface area contributed by atoms with Gasteiger partial charge in [0.05, 0.1) is 23.2 Å². The maximum absolute atomic E-state index is 5.53. The van der Waals surface area contributed by atoms with Crippen LogP contribution in [0.2, 0.25) is 0 Å². The second-order valence-electron chi connectivity index (χ2n) is 18.5. The van der Waals surface area contributed by atoms with Crippen LogP contribution in [0.15, 0.2) is 115 Å². The average Bonchev–Trinajstić information content (AvgIpc) is 3.55. The Morgan fingerprint density at radius 1 is 0.509 bits per heavy atom. The minimum Gasteiger partial charge on any atom is -0.311 e. The van der Waals surface area contributed by atoms with Crippen molar-refractivity contribution in [1.82, 2.24) is 9.78 Å². The van der Waals surface area contributed by atoms with Crippen molar-refractivity contribution in [3.05, 3.63) is 138 Å². The number of fused-ring (bicyclic) bond motifs is 4. The number of benzene rings is 5. The van der Waals surface area contributed by atoms with E-state index in [0.29, 0.717) is 5.92 Å². The Kier molecular flexibility index (Phi) is 8.11. The summed E-state index contributed by atoms with van der Waals surface area (Å²) in [6.45, 7) is 25.3. The third kappa shape index (κ3) is 5.99. The molecule has 53 heavy (non-hydrogen) atoms. The number of hydrogen-bond acceptors (Lipinski definition) is 3. The molecule has 0 atom stereocenters. The van der Waals surface area contributed by atoms with Crippen molar-refractivity contribution in [1.29, 1.82) is 0 Å². The number of anilines is 6. The van der Waals surface area contributed by atoms with Crippen molar-refractivity contribution < 1.29 is 0 Å². The van der Waals surface area contributed by atoms with Crippen LogP contribution in [0.3, 0.4) is 0 Å². The Balaban J connectivity index is 1.48. The Labute approximate surface area is 317 Å². The first-order chi connectivity index (χ1) is 25.0. The zero-order valence-electron chi connectivity index (χ0n) is 33.4. The van der Waals surface area contributed by atoms with Gasteiger partial charge >= 0.3 is 0 Å². The van der Waals surface area contributed by atoms with Crippen LogP contribution in [0.25, 0.3) is 5.69 Å². The molecule has 0 unspecified atom stereocenters. The zero-order chi connectivity index (χ0) is 37.6. The SMILES string of the molecule is CC(C)c1ccc(N2c3ccc(C(C)(C)C)cc3B3c4nn(-c5ccccc5)cc4N(c4ccc(C(C)(C)C)cc4)c4cc(C(C)(C)C)cc2c43)cc1. The Bertz CT molecular complexity index is 2310. The van der Waals surface area contributed by atoms with Crippen LogP contribution in [0, 0.1) is 0 Å². The first kappa shape index (κ1) is 35.0. The van der Waals surface area contributed by atoms with Crippen molar-refractivity contribution >= 4 is 57.4 Å². The van der Waals surface area contributed by atoms with Gasteiger partial charge in [-0.1, -0.05) is 131 Å². The third-order valence-electron chi connectivity index (χ3n) is 11.3. The molecule has 268 valence electrons. The highest BCUT2D eigenvalue weighted by atomic mass is 15.3. The lowest BCUT2D eigenvalue weighted by Gasteiger charge is -2.44. The standard InChI is InChI=1S/C48H53BN4/c1-31(2)32-17-22-37(23-18-32)52-40-26-21-34(47(6,7)8)27-39(40)49-44-41(52)28-35(48(9,10)11)29-42(44)53(38-24-19-33(20-25-38)46(3,4)5)43-30-51(50-45(43)49)36-15-13-12-14-16-36/h12-31H,1-11H3. The minimum absolute atomic E-state index is 0.0142. The first-order valence-electron chi connectivity index (χ1n) is 19.3. The molecule has 8 rings (SSSR count). The molecule has 5 aromatic carbocycles. The summed E-state index contributed by atoms with van der Waals surface area (Å²) in [5.41, 5.74) is 17.1. The highest BCUT2D eigenvalue weighted by Gasteiger charge is 2.46. The summed E-state index contributed by atoms with van der Waals surface area (Å²) in [4.78, 5) is 5.01. The van der Waals surface area contributed by atoms with Gasteiger partial charge in [0.1, 0.15) is 0 Å². The molecule has 1 aromatic heterocycles. The zero-order valence-corrected chi connectivity index (χ0v) is 33.4. The summed E-state index contributed by atoms with van der Waals surface area (Å²) in [6, 6.07) is 41.1. The predicted octanol–water partition coefficient (Wildman–Crippen LogP) is 11.0. The van der Waals surface area contributed by atoms with Crippen LogP contribution in [-0.2, 0) is 16.2 Å². The minimum atomic E-state index is -0.0825. The summed E-state index contributed by atoms with van der Waals surface area (Å²) in [7, 11) is 0. The lowest BCUT2D eigenvalue weighted by Crippen LogP contribution is -2.62. The normalized spacial score (nSPS) is 14.0. The van der Waals surface area contributed by atoms with Gasteiger partial charge in [0, 0.05) is 28.4 Å². The van der Waals surface area contributed by atoms with Crippen LogP contribution in [0.4, 0.5) is 34.1 Å². The monoisotopic (exact) mass is 696 g/mol. The highest BCUT2D eigenvalue weighted by Crippen LogP contribution is 2.46. The number of nitrogens with zero attached hydrogens (tertiary/aromatic N) is 4. The molecule has 4 nitrogen and oxygen atoms in total. The fourth-order valence-corrected chi connectivity index (χ4v) is 8.02. The van der Waals surface area contributed by atoms with E-state index in [2.05, 4.69) is 206 Å². The number of aromatic nitrogens is 2. The van der Waals surface area contributed by atoms with Crippen LogP contribution in [-0.4, -0.2) is 16.5 Å². The highest BCUT2D eigenvalue weighted by molar-refractivity contribution is 7.00. The number of rotatable bonds is 4. The van der Waals surface area contributed by atoms with Gasteiger partial charge in [-0.2, -0.15) is 5.10 Å². The molecule has 0 radical (unpaired) electrons. The molecule has 0 amide bonds. The van der Waals surface area contributed by atoms with Crippen molar-refractivity contribution in [2.75, 3.05) is 9.80 Å². The smallest absolute Gasteiger partial charge is 0.277 e. The second-order valence-corrected chi connectivity index (χ2v) is 18.5. The van der Waals surface area contributed by atoms with Gasteiger partial charge in [-0.05, 0) is 110 Å². The largest absolute Gasteiger partial charge is 0.311 e. The molecule has 0 aliphatic carbocycles. The van der Waals surface area contributed by atoms with Crippen LogP contribution < -0.4 is 26.3 Å². The molecule has 2 aliphatic heterocycles. The first-order valence-corrected chi connectivity index (χ1v) is 19.3. The quantitative estimate of drug-likeness (QED) is 0.171. The summed E-state index contributed by atoms with van der Waals surface area (Å²) < 4.78 is 2.09. The predicted molar refractivity (Wildman–Crippen MR) is 228 cm³/mol. The Morgan fingerprint density at radius 2 is 1.04 bits per heavy atom. The Morgan fingerprint density at radius 3 is 1.58 bits per heavy atom. The molecule has 5 heteroatoms. The number of hydrogen-bond donors (Lipinski definition) is 0. The summed E-state index contributed by atoms with van der Waals surface area (Å²) in [6.07, 6.45) is 2.25. The van der Waals surface area contributed by atoms with E-state index in [1.165, 1.54) is 55.9 Å². The number of para-hydroxylation sites is 1. The van der Waals surface area contributed by atoms with Gasteiger partial charge in [0.15, 0.2) is 0 Å². The molecule has 2 aliphatic rings. The molecule has 0 saturated carbocycles. The van der Waals surface area contributed by atoms with Gasteiger partial charge in [-0.3, -0.25) is 0 Å². The fraction of sp³-hybridized carbons (Fsp3) is 0.312. The average molecular weight is 697 g/mol. The second kappa shape index (κ2) is 12.3. The molecular weight excluding hydrogens is 643 g/mol. The molecule has 6 aromatic rings. The van der Waals surface area contributed by atoms with Crippen molar-refractivity contribution in [3.8, 4) is 5.69 Å². The molecule has 0 N–H and O–H groups in total. The summed E-state index contributed by atoms with van der Waals surface area (Å²) in [5, 5.41) is 5.53. The van der Waals surface area contributed by atoms with Crippen molar-refractivity contribution in [2.24, 2.45) is 0 Å². The Hall–Kier alpha value is -5.03. The summed E-state index contributed by atoms with van der Waals surface area (Å²) >= 11 is 0. The van der Waals surface area contributed by atoms with Crippen LogP contribution >= 0.6 is 0 Å².